The van der Waals surface area contributed by atoms with Gasteiger partial charge in [-0.2, -0.15) is 0 Å². The van der Waals surface area contributed by atoms with Crippen LogP contribution in [-0.4, -0.2) is 36.1 Å². The Labute approximate surface area is 215 Å². The average molecular weight is 506 g/mol. The fourth-order valence-electron chi connectivity index (χ4n) is 3.72. The number of nitrogens with one attached hydrogen (secondary N) is 1. The van der Waals surface area contributed by atoms with Crippen molar-refractivity contribution in [2.24, 2.45) is 9.98 Å². The van der Waals surface area contributed by atoms with Crippen LogP contribution in [0, 0.1) is 13.8 Å². The molecule has 7 heteroatoms. The minimum absolute atomic E-state index is 0.0175. The number of halogens is 1. The van der Waals surface area contributed by atoms with Crippen LogP contribution in [0.25, 0.3) is 0 Å². The third kappa shape index (κ3) is 6.74. The summed E-state index contributed by atoms with van der Waals surface area (Å²) in [5.41, 5.74) is 7.03. The van der Waals surface area contributed by atoms with Crippen molar-refractivity contribution in [3.63, 3.8) is 0 Å². The first-order valence-corrected chi connectivity index (χ1v) is 12.8. The Kier molecular flexibility index (Phi) is 8.26. The van der Waals surface area contributed by atoms with E-state index in [-0.39, 0.29) is 5.91 Å². The van der Waals surface area contributed by atoms with Crippen LogP contribution in [0.15, 0.2) is 70.6 Å². The summed E-state index contributed by atoms with van der Waals surface area (Å²) >= 11 is 7.39. The summed E-state index contributed by atoms with van der Waals surface area (Å²) in [5.74, 6) is 1.06. The molecule has 1 aliphatic heterocycles. The van der Waals surface area contributed by atoms with Crippen molar-refractivity contribution in [2.45, 2.75) is 26.7 Å². The molecule has 5 nitrogen and oxygen atoms in total. The van der Waals surface area contributed by atoms with Crippen molar-refractivity contribution >= 4 is 51.4 Å². The number of ether oxygens (including phenoxy) is 1. The SMILES string of the molecule is COc1cccc(C2=Nc3cc(C)c(C)cc3N=C(SCC(=O)NCCc3ccc(Cl)cc3)C2)c1. The molecule has 180 valence electrons. The number of aryl methyl sites for hydroxylation is 2. The van der Waals surface area contributed by atoms with E-state index in [9.17, 15) is 4.79 Å². The highest BCUT2D eigenvalue weighted by molar-refractivity contribution is 8.14. The number of aliphatic imine (C=N–C) groups is 2. The Hall–Kier alpha value is -3.09. The molecular formula is C28H28ClN3O2S. The molecule has 0 aromatic heterocycles. The molecule has 1 aliphatic rings. The van der Waals surface area contributed by atoms with Gasteiger partial charge in [-0.05, 0) is 73.4 Å². The summed E-state index contributed by atoms with van der Waals surface area (Å²) in [7, 11) is 1.66. The molecule has 1 heterocycles. The Bertz CT molecular complexity index is 1290. The standard InChI is InChI=1S/C28H28ClN3O2S/c1-18-13-25-26(14-19(18)2)32-28(16-24(31-25)21-5-4-6-23(15-21)34-3)35-17-27(33)30-12-11-20-7-9-22(29)10-8-20/h4-10,13-15H,11-12,16-17H2,1-3H3,(H,30,33). The topological polar surface area (TPSA) is 63.1 Å². The van der Waals surface area contributed by atoms with Gasteiger partial charge in [0.05, 0.1) is 35.0 Å². The monoisotopic (exact) mass is 505 g/mol. The third-order valence-electron chi connectivity index (χ3n) is 5.83. The second kappa shape index (κ2) is 11.6. The number of carbonyl (C=O) groups is 1. The molecule has 0 spiro atoms. The van der Waals surface area contributed by atoms with E-state index in [0.29, 0.717) is 23.7 Å². The van der Waals surface area contributed by atoms with Crippen LogP contribution in [0.5, 0.6) is 5.75 Å². The van der Waals surface area contributed by atoms with Gasteiger partial charge in [0.1, 0.15) is 5.75 Å². The van der Waals surface area contributed by atoms with Crippen LogP contribution in [0.1, 0.15) is 28.7 Å². The Balaban J connectivity index is 1.47. The maximum absolute atomic E-state index is 12.5. The van der Waals surface area contributed by atoms with E-state index < -0.39 is 0 Å². The number of benzene rings is 3. The zero-order valence-corrected chi connectivity index (χ0v) is 21.7. The average Bonchev–Trinajstić information content (AvgIpc) is 3.03. The quantitative estimate of drug-likeness (QED) is 0.393. The van der Waals surface area contributed by atoms with Gasteiger partial charge in [-0.3, -0.25) is 9.79 Å². The fraction of sp³-hybridized carbons (Fsp3) is 0.250. The Morgan fingerprint density at radius 1 is 1.03 bits per heavy atom. The molecule has 0 saturated carbocycles. The molecule has 0 atom stereocenters. The van der Waals surface area contributed by atoms with Crippen LogP contribution in [-0.2, 0) is 11.2 Å². The molecule has 0 radical (unpaired) electrons. The molecule has 4 rings (SSSR count). The van der Waals surface area contributed by atoms with E-state index in [2.05, 4.69) is 31.3 Å². The third-order valence-corrected chi connectivity index (χ3v) is 7.06. The first-order chi connectivity index (χ1) is 16.9. The van der Waals surface area contributed by atoms with Crippen molar-refractivity contribution in [1.29, 1.82) is 0 Å². The highest BCUT2D eigenvalue weighted by Gasteiger charge is 2.18. The predicted octanol–water partition coefficient (Wildman–Crippen LogP) is 6.61. The maximum atomic E-state index is 12.5. The van der Waals surface area contributed by atoms with Crippen LogP contribution >= 0.6 is 23.4 Å². The predicted molar refractivity (Wildman–Crippen MR) is 147 cm³/mol. The first kappa shape index (κ1) is 25.0. The molecule has 0 fully saturated rings. The van der Waals surface area contributed by atoms with Gasteiger partial charge in [-0.25, -0.2) is 4.99 Å². The molecule has 35 heavy (non-hydrogen) atoms. The second-order valence-electron chi connectivity index (χ2n) is 8.41. The fourth-order valence-corrected chi connectivity index (χ4v) is 4.64. The minimum Gasteiger partial charge on any atom is -0.497 e. The summed E-state index contributed by atoms with van der Waals surface area (Å²) in [6.45, 7) is 4.73. The summed E-state index contributed by atoms with van der Waals surface area (Å²) in [6, 6.07) is 19.7. The van der Waals surface area contributed by atoms with E-state index in [0.717, 1.165) is 51.0 Å². The van der Waals surface area contributed by atoms with Crippen molar-refractivity contribution in [3.05, 3.63) is 87.9 Å². The number of rotatable bonds is 7. The van der Waals surface area contributed by atoms with E-state index >= 15 is 0 Å². The van der Waals surface area contributed by atoms with Crippen LogP contribution < -0.4 is 10.1 Å². The molecule has 0 saturated heterocycles. The second-order valence-corrected chi connectivity index (χ2v) is 9.90. The smallest absolute Gasteiger partial charge is 0.230 e. The van der Waals surface area contributed by atoms with Gasteiger partial charge in [0.15, 0.2) is 0 Å². The normalized spacial score (nSPS) is 12.8. The number of amides is 1. The first-order valence-electron chi connectivity index (χ1n) is 11.5. The molecule has 3 aromatic rings. The molecule has 0 unspecified atom stereocenters. The van der Waals surface area contributed by atoms with Crippen LogP contribution in [0.2, 0.25) is 5.02 Å². The number of nitrogens with zero attached hydrogens (tertiary/aromatic N) is 2. The zero-order chi connectivity index (χ0) is 24.8. The molecule has 1 amide bonds. The summed E-state index contributed by atoms with van der Waals surface area (Å²) in [4.78, 5) is 22.4. The summed E-state index contributed by atoms with van der Waals surface area (Å²) in [6.07, 6.45) is 1.30. The van der Waals surface area contributed by atoms with Crippen molar-refractivity contribution in [2.75, 3.05) is 19.4 Å². The Morgan fingerprint density at radius 3 is 2.46 bits per heavy atom. The lowest BCUT2D eigenvalue weighted by Gasteiger charge is -2.09. The molecule has 3 aromatic carbocycles. The molecule has 0 aliphatic carbocycles. The van der Waals surface area contributed by atoms with Crippen LogP contribution in [0.3, 0.4) is 0 Å². The van der Waals surface area contributed by atoms with E-state index in [1.54, 1.807) is 7.11 Å². The lowest BCUT2D eigenvalue weighted by Crippen LogP contribution is -2.27. The zero-order valence-electron chi connectivity index (χ0n) is 20.1. The highest BCUT2D eigenvalue weighted by atomic mass is 35.5. The van der Waals surface area contributed by atoms with Gasteiger partial charge in [0.2, 0.25) is 5.91 Å². The number of thioether (sulfide) groups is 1. The summed E-state index contributed by atoms with van der Waals surface area (Å²) in [5, 5.41) is 4.57. The van der Waals surface area contributed by atoms with E-state index in [4.69, 9.17) is 26.3 Å². The minimum atomic E-state index is -0.0175. The van der Waals surface area contributed by atoms with Crippen molar-refractivity contribution < 1.29 is 9.53 Å². The van der Waals surface area contributed by atoms with Crippen molar-refractivity contribution in [3.8, 4) is 5.75 Å². The molecule has 1 N–H and O–H groups in total. The number of carbonyl (C=O) groups excluding carboxylic acids is 1. The van der Waals surface area contributed by atoms with Gasteiger partial charge in [-0.1, -0.05) is 35.9 Å². The van der Waals surface area contributed by atoms with Gasteiger partial charge < -0.3 is 10.1 Å². The van der Waals surface area contributed by atoms with Crippen molar-refractivity contribution in [1.82, 2.24) is 5.32 Å². The largest absolute Gasteiger partial charge is 0.497 e. The number of fused-ring (bicyclic) bond motifs is 1. The van der Waals surface area contributed by atoms with E-state index in [1.165, 1.54) is 17.3 Å². The Morgan fingerprint density at radius 2 is 1.74 bits per heavy atom. The lowest BCUT2D eigenvalue weighted by molar-refractivity contribution is -0.118. The highest BCUT2D eigenvalue weighted by Crippen LogP contribution is 2.36. The van der Waals surface area contributed by atoms with Gasteiger partial charge in [0.25, 0.3) is 0 Å². The van der Waals surface area contributed by atoms with Gasteiger partial charge in [-0.15, -0.1) is 11.8 Å². The maximum Gasteiger partial charge on any atom is 0.230 e. The number of hydrogen-bond acceptors (Lipinski definition) is 5. The van der Waals surface area contributed by atoms with Crippen LogP contribution in [0.4, 0.5) is 11.4 Å². The lowest BCUT2D eigenvalue weighted by atomic mass is 10.1. The van der Waals surface area contributed by atoms with Gasteiger partial charge >= 0.3 is 0 Å². The van der Waals surface area contributed by atoms with Gasteiger partial charge in [0, 0.05) is 23.6 Å². The number of methoxy groups -OCH3 is 1. The molecule has 0 bridgehead atoms. The molecular weight excluding hydrogens is 478 g/mol. The number of hydrogen-bond donors (Lipinski definition) is 1. The summed E-state index contributed by atoms with van der Waals surface area (Å²) < 4.78 is 5.41. The van der Waals surface area contributed by atoms with E-state index in [1.807, 2.05) is 48.5 Å².